The summed E-state index contributed by atoms with van der Waals surface area (Å²) in [5.74, 6) is 1.98. The minimum absolute atomic E-state index is 0.256. The van der Waals surface area contributed by atoms with Crippen molar-refractivity contribution in [2.24, 2.45) is 0 Å². The Balaban J connectivity index is 1.97. The van der Waals surface area contributed by atoms with Gasteiger partial charge >= 0.3 is 0 Å². The summed E-state index contributed by atoms with van der Waals surface area (Å²) < 4.78 is 24.8. The first kappa shape index (κ1) is 14.8. The maximum absolute atomic E-state index is 13.2. The van der Waals surface area contributed by atoms with Gasteiger partial charge in [-0.15, -0.1) is 0 Å². The van der Waals surface area contributed by atoms with Gasteiger partial charge in [0.05, 0.1) is 13.2 Å². The largest absolute Gasteiger partial charge is 0.490 e. The number of fused-ring (bicyclic) bond motifs is 2. The molecule has 1 N–H and O–H groups in total. The van der Waals surface area contributed by atoms with Crippen LogP contribution < -0.4 is 14.8 Å². The first-order valence-electron chi connectivity index (χ1n) is 7.92. The lowest BCUT2D eigenvalue weighted by Gasteiger charge is -2.14. The van der Waals surface area contributed by atoms with E-state index in [-0.39, 0.29) is 5.82 Å². The molecule has 0 fully saturated rings. The van der Waals surface area contributed by atoms with Gasteiger partial charge in [-0.25, -0.2) is 9.37 Å². The molecule has 0 radical (unpaired) electrons. The summed E-state index contributed by atoms with van der Waals surface area (Å²) in [4.78, 5) is 4.50. The second-order valence-corrected chi connectivity index (χ2v) is 5.67. The molecule has 3 aromatic rings. The lowest BCUT2D eigenvalue weighted by atomic mass is 9.99. The summed E-state index contributed by atoms with van der Waals surface area (Å²) in [5, 5.41) is 5.05. The second-order valence-electron chi connectivity index (χ2n) is 5.67. The summed E-state index contributed by atoms with van der Waals surface area (Å²) in [7, 11) is 1.84. The predicted octanol–water partition coefficient (Wildman–Crippen LogP) is 4.24. The van der Waals surface area contributed by atoms with E-state index >= 15 is 0 Å². The van der Waals surface area contributed by atoms with Crippen molar-refractivity contribution in [3.63, 3.8) is 0 Å². The van der Waals surface area contributed by atoms with E-state index in [1.54, 1.807) is 18.3 Å². The van der Waals surface area contributed by atoms with E-state index in [2.05, 4.69) is 10.3 Å². The van der Waals surface area contributed by atoms with Crippen LogP contribution in [0.3, 0.4) is 0 Å². The minimum atomic E-state index is -0.256. The van der Waals surface area contributed by atoms with Crippen LogP contribution in [0.1, 0.15) is 6.42 Å². The fraction of sp³-hybridized carbons (Fsp3) is 0.211. The zero-order chi connectivity index (χ0) is 16.5. The quantitative estimate of drug-likeness (QED) is 0.765. The summed E-state index contributed by atoms with van der Waals surface area (Å²) in [6, 6.07) is 10.4. The highest BCUT2D eigenvalue weighted by Gasteiger charge is 2.16. The van der Waals surface area contributed by atoms with Gasteiger partial charge in [-0.2, -0.15) is 0 Å². The monoisotopic (exact) mass is 324 g/mol. The Bertz CT molecular complexity index is 894. The molecule has 1 aromatic heterocycles. The van der Waals surface area contributed by atoms with Crippen LogP contribution in [0.4, 0.5) is 10.2 Å². The van der Waals surface area contributed by atoms with Crippen LogP contribution in [0.5, 0.6) is 11.5 Å². The number of pyridine rings is 1. The van der Waals surface area contributed by atoms with Gasteiger partial charge in [0.25, 0.3) is 0 Å². The summed E-state index contributed by atoms with van der Waals surface area (Å²) >= 11 is 0. The van der Waals surface area contributed by atoms with E-state index in [1.165, 1.54) is 12.1 Å². The number of hydrogen-bond donors (Lipinski definition) is 1. The molecule has 4 rings (SSSR count). The SMILES string of the molecule is CNc1ncc(-c2ccc(F)cc2)c2cc3c(cc12)OCCCO3. The van der Waals surface area contributed by atoms with E-state index in [4.69, 9.17) is 9.47 Å². The lowest BCUT2D eigenvalue weighted by molar-refractivity contribution is 0.297. The molecule has 0 amide bonds. The van der Waals surface area contributed by atoms with Crippen molar-refractivity contribution in [2.75, 3.05) is 25.6 Å². The van der Waals surface area contributed by atoms with Crippen LogP contribution in [0.25, 0.3) is 21.9 Å². The van der Waals surface area contributed by atoms with Crippen molar-refractivity contribution in [3.8, 4) is 22.6 Å². The zero-order valence-corrected chi connectivity index (χ0v) is 13.3. The van der Waals surface area contributed by atoms with Gasteiger partial charge in [0.15, 0.2) is 11.5 Å². The van der Waals surface area contributed by atoms with Crippen molar-refractivity contribution >= 4 is 16.6 Å². The zero-order valence-electron chi connectivity index (χ0n) is 13.3. The Morgan fingerprint density at radius 2 is 1.67 bits per heavy atom. The maximum Gasteiger partial charge on any atom is 0.161 e. The van der Waals surface area contributed by atoms with Crippen LogP contribution >= 0.6 is 0 Å². The number of benzene rings is 2. The van der Waals surface area contributed by atoms with Crippen LogP contribution in [0, 0.1) is 5.82 Å². The number of halogens is 1. The third-order valence-corrected chi connectivity index (χ3v) is 4.15. The molecule has 0 aliphatic carbocycles. The highest BCUT2D eigenvalue weighted by molar-refractivity contribution is 6.03. The Morgan fingerprint density at radius 3 is 2.33 bits per heavy atom. The van der Waals surface area contributed by atoms with Crippen LogP contribution in [-0.4, -0.2) is 25.2 Å². The lowest BCUT2D eigenvalue weighted by Crippen LogP contribution is -1.97. The molecule has 0 bridgehead atoms. The minimum Gasteiger partial charge on any atom is -0.490 e. The Kier molecular flexibility index (Phi) is 3.69. The molecule has 1 aliphatic rings. The number of hydrogen-bond acceptors (Lipinski definition) is 4. The molecular weight excluding hydrogens is 307 g/mol. The molecule has 0 spiro atoms. The van der Waals surface area contributed by atoms with Gasteiger partial charge in [0.2, 0.25) is 0 Å². The van der Waals surface area contributed by atoms with Gasteiger partial charge < -0.3 is 14.8 Å². The smallest absolute Gasteiger partial charge is 0.161 e. The number of rotatable bonds is 2. The van der Waals surface area contributed by atoms with Crippen molar-refractivity contribution in [1.82, 2.24) is 4.98 Å². The Labute approximate surface area is 139 Å². The fourth-order valence-corrected chi connectivity index (χ4v) is 2.95. The Hall–Kier alpha value is -2.82. The van der Waals surface area contributed by atoms with E-state index in [1.807, 2.05) is 19.2 Å². The maximum atomic E-state index is 13.2. The summed E-state index contributed by atoms with van der Waals surface area (Å²) in [6.07, 6.45) is 2.65. The number of nitrogens with zero attached hydrogens (tertiary/aromatic N) is 1. The van der Waals surface area contributed by atoms with Crippen molar-refractivity contribution in [1.29, 1.82) is 0 Å². The van der Waals surface area contributed by atoms with E-state index in [0.29, 0.717) is 13.2 Å². The number of aromatic nitrogens is 1. The molecule has 122 valence electrons. The topological polar surface area (TPSA) is 43.4 Å². The molecule has 1 aliphatic heterocycles. The molecule has 0 saturated heterocycles. The van der Waals surface area contributed by atoms with Gasteiger partial charge in [-0.1, -0.05) is 12.1 Å². The third-order valence-electron chi connectivity index (χ3n) is 4.15. The van der Waals surface area contributed by atoms with Gasteiger partial charge in [0.1, 0.15) is 11.6 Å². The molecule has 0 atom stereocenters. The standard InChI is InChI=1S/C19H17FN2O2/c1-21-19-15-10-18-17(23-7-2-8-24-18)9-14(15)16(11-22-19)12-3-5-13(20)6-4-12/h3-6,9-11H,2,7-8H2,1H3,(H,21,22). The fourth-order valence-electron chi connectivity index (χ4n) is 2.95. The van der Waals surface area contributed by atoms with Crippen LogP contribution in [0.15, 0.2) is 42.6 Å². The summed E-state index contributed by atoms with van der Waals surface area (Å²) in [5.41, 5.74) is 1.84. The molecule has 24 heavy (non-hydrogen) atoms. The van der Waals surface area contributed by atoms with Crippen LogP contribution in [-0.2, 0) is 0 Å². The normalized spacial score (nSPS) is 13.6. The molecule has 2 heterocycles. The molecule has 2 aromatic carbocycles. The highest BCUT2D eigenvalue weighted by atomic mass is 19.1. The molecule has 0 saturated carbocycles. The van der Waals surface area contributed by atoms with Gasteiger partial charge in [-0.05, 0) is 35.2 Å². The average molecular weight is 324 g/mol. The number of ether oxygens (including phenoxy) is 2. The first-order chi connectivity index (χ1) is 11.8. The second kappa shape index (κ2) is 6.00. The predicted molar refractivity (Wildman–Crippen MR) is 92.3 cm³/mol. The number of anilines is 1. The van der Waals surface area contributed by atoms with Crippen LogP contribution in [0.2, 0.25) is 0 Å². The van der Waals surface area contributed by atoms with Crippen molar-refractivity contribution in [3.05, 3.63) is 48.4 Å². The Morgan fingerprint density at radius 1 is 1.00 bits per heavy atom. The van der Waals surface area contributed by atoms with Gasteiger partial charge in [0, 0.05) is 30.6 Å². The van der Waals surface area contributed by atoms with Crippen molar-refractivity contribution in [2.45, 2.75) is 6.42 Å². The number of nitrogens with one attached hydrogen (secondary N) is 1. The molecule has 4 nitrogen and oxygen atoms in total. The van der Waals surface area contributed by atoms with E-state index < -0.39 is 0 Å². The molecule has 5 heteroatoms. The average Bonchev–Trinajstić information content (AvgIpc) is 2.84. The summed E-state index contributed by atoms with van der Waals surface area (Å²) in [6.45, 7) is 1.27. The van der Waals surface area contributed by atoms with Gasteiger partial charge in [-0.3, -0.25) is 0 Å². The van der Waals surface area contributed by atoms with Crippen molar-refractivity contribution < 1.29 is 13.9 Å². The first-order valence-corrected chi connectivity index (χ1v) is 7.92. The van der Waals surface area contributed by atoms with E-state index in [0.717, 1.165) is 45.6 Å². The van der Waals surface area contributed by atoms with E-state index in [9.17, 15) is 4.39 Å². The third kappa shape index (κ3) is 2.52. The molecular formula is C19H17FN2O2. The highest BCUT2D eigenvalue weighted by Crippen LogP contribution is 2.40. The molecule has 0 unspecified atom stereocenters.